The van der Waals surface area contributed by atoms with Gasteiger partial charge in [0.15, 0.2) is 17.3 Å². The predicted molar refractivity (Wildman–Crippen MR) is 109 cm³/mol. The molecule has 28 heavy (non-hydrogen) atoms. The Morgan fingerprint density at radius 1 is 0.821 bits per heavy atom. The number of ether oxygens (including phenoxy) is 2. The summed E-state index contributed by atoms with van der Waals surface area (Å²) in [5, 5.41) is 4.95. The SMILES string of the molecule is COc1ccc(CNC(=O)CCC(=O)c2ccc3ccccc3c2)cc1OC. The molecule has 0 bridgehead atoms. The van der Waals surface area contributed by atoms with E-state index in [0.29, 0.717) is 23.6 Å². The van der Waals surface area contributed by atoms with Gasteiger partial charge in [-0.15, -0.1) is 0 Å². The monoisotopic (exact) mass is 377 g/mol. The van der Waals surface area contributed by atoms with Crippen LogP contribution in [0.5, 0.6) is 11.5 Å². The van der Waals surface area contributed by atoms with E-state index in [-0.39, 0.29) is 24.5 Å². The Morgan fingerprint density at radius 2 is 1.57 bits per heavy atom. The average molecular weight is 377 g/mol. The van der Waals surface area contributed by atoms with Gasteiger partial charge in [0.2, 0.25) is 5.91 Å². The molecular weight excluding hydrogens is 354 g/mol. The number of hydrogen-bond donors (Lipinski definition) is 1. The smallest absolute Gasteiger partial charge is 0.220 e. The number of amides is 1. The third-order valence-electron chi connectivity index (χ3n) is 4.59. The molecule has 0 saturated heterocycles. The fraction of sp³-hybridized carbons (Fsp3) is 0.217. The van der Waals surface area contributed by atoms with Gasteiger partial charge < -0.3 is 14.8 Å². The number of carbonyl (C=O) groups is 2. The highest BCUT2D eigenvalue weighted by Crippen LogP contribution is 2.27. The normalized spacial score (nSPS) is 10.5. The van der Waals surface area contributed by atoms with E-state index in [0.717, 1.165) is 16.3 Å². The number of Topliss-reactive ketones (excluding diaryl/α,β-unsaturated/α-hetero) is 1. The van der Waals surface area contributed by atoms with Crippen molar-refractivity contribution in [2.24, 2.45) is 0 Å². The summed E-state index contributed by atoms with van der Waals surface area (Å²) < 4.78 is 10.5. The number of rotatable bonds is 8. The molecule has 0 fully saturated rings. The molecule has 144 valence electrons. The summed E-state index contributed by atoms with van der Waals surface area (Å²) in [6.45, 7) is 0.364. The largest absolute Gasteiger partial charge is 0.493 e. The molecule has 3 aromatic rings. The van der Waals surface area contributed by atoms with Crippen LogP contribution in [0, 0.1) is 0 Å². The molecule has 0 aromatic heterocycles. The van der Waals surface area contributed by atoms with Crippen LogP contribution in [-0.2, 0) is 11.3 Å². The summed E-state index contributed by atoms with van der Waals surface area (Å²) in [6.07, 6.45) is 0.328. The van der Waals surface area contributed by atoms with Crippen LogP contribution in [0.3, 0.4) is 0 Å². The lowest BCUT2D eigenvalue weighted by molar-refractivity contribution is -0.121. The molecule has 0 radical (unpaired) electrons. The molecule has 0 aliphatic carbocycles. The van der Waals surface area contributed by atoms with Gasteiger partial charge >= 0.3 is 0 Å². The summed E-state index contributed by atoms with van der Waals surface area (Å²) in [5.74, 6) is 1.05. The molecule has 0 saturated carbocycles. The summed E-state index contributed by atoms with van der Waals surface area (Å²) in [7, 11) is 3.14. The van der Waals surface area contributed by atoms with Crippen molar-refractivity contribution in [2.75, 3.05) is 14.2 Å². The second kappa shape index (κ2) is 9.04. The van der Waals surface area contributed by atoms with Crippen molar-refractivity contribution in [2.45, 2.75) is 19.4 Å². The molecule has 1 amide bonds. The van der Waals surface area contributed by atoms with Crippen molar-refractivity contribution < 1.29 is 19.1 Å². The standard InChI is InChI=1S/C23H23NO4/c1-27-21-11-7-16(13-22(21)28-2)15-24-23(26)12-10-20(25)19-9-8-17-5-3-4-6-18(17)14-19/h3-9,11,13-14H,10,12,15H2,1-2H3,(H,24,26). The van der Waals surface area contributed by atoms with Crippen molar-refractivity contribution in [3.63, 3.8) is 0 Å². The Labute approximate surface area is 164 Å². The first-order chi connectivity index (χ1) is 13.6. The van der Waals surface area contributed by atoms with E-state index in [1.165, 1.54) is 0 Å². The molecule has 1 N–H and O–H groups in total. The van der Waals surface area contributed by atoms with Gasteiger partial charge in [-0.05, 0) is 34.5 Å². The molecule has 0 aliphatic rings. The van der Waals surface area contributed by atoms with E-state index >= 15 is 0 Å². The zero-order chi connectivity index (χ0) is 19.9. The van der Waals surface area contributed by atoms with Crippen molar-refractivity contribution in [1.82, 2.24) is 5.32 Å². The van der Waals surface area contributed by atoms with Crippen LogP contribution in [0.2, 0.25) is 0 Å². The highest BCUT2D eigenvalue weighted by molar-refractivity contribution is 6.01. The first-order valence-corrected chi connectivity index (χ1v) is 9.10. The molecular formula is C23H23NO4. The Balaban J connectivity index is 1.52. The maximum Gasteiger partial charge on any atom is 0.220 e. The second-order valence-corrected chi connectivity index (χ2v) is 6.45. The molecule has 0 aliphatic heterocycles. The topological polar surface area (TPSA) is 64.6 Å². The minimum absolute atomic E-state index is 0.0352. The minimum Gasteiger partial charge on any atom is -0.493 e. The molecule has 0 heterocycles. The average Bonchev–Trinajstić information content (AvgIpc) is 2.75. The van der Waals surface area contributed by atoms with Crippen molar-refractivity contribution in [3.05, 3.63) is 71.8 Å². The molecule has 0 atom stereocenters. The van der Waals surface area contributed by atoms with Crippen LogP contribution in [0.4, 0.5) is 0 Å². The zero-order valence-electron chi connectivity index (χ0n) is 16.0. The highest BCUT2D eigenvalue weighted by atomic mass is 16.5. The van der Waals surface area contributed by atoms with Gasteiger partial charge in [0.25, 0.3) is 0 Å². The highest BCUT2D eigenvalue weighted by Gasteiger charge is 2.11. The van der Waals surface area contributed by atoms with E-state index in [2.05, 4.69) is 5.32 Å². The maximum atomic E-state index is 12.4. The number of hydrogen-bond acceptors (Lipinski definition) is 4. The van der Waals surface area contributed by atoms with Gasteiger partial charge in [-0.2, -0.15) is 0 Å². The zero-order valence-corrected chi connectivity index (χ0v) is 16.0. The number of nitrogens with one attached hydrogen (secondary N) is 1. The Bertz CT molecular complexity index is 997. The lowest BCUT2D eigenvalue weighted by Gasteiger charge is -2.10. The summed E-state index contributed by atoms with van der Waals surface area (Å²) in [4.78, 5) is 24.5. The van der Waals surface area contributed by atoms with Crippen LogP contribution < -0.4 is 14.8 Å². The van der Waals surface area contributed by atoms with Crippen LogP contribution in [0.25, 0.3) is 10.8 Å². The summed E-state index contributed by atoms with van der Waals surface area (Å²) in [5.41, 5.74) is 1.53. The number of carbonyl (C=O) groups excluding carboxylic acids is 2. The number of fused-ring (bicyclic) bond motifs is 1. The molecule has 5 heteroatoms. The van der Waals surface area contributed by atoms with Gasteiger partial charge in [0.1, 0.15) is 0 Å². The van der Waals surface area contributed by atoms with Gasteiger partial charge in [-0.3, -0.25) is 9.59 Å². The Kier molecular flexibility index (Phi) is 6.27. The lowest BCUT2D eigenvalue weighted by atomic mass is 10.0. The van der Waals surface area contributed by atoms with E-state index < -0.39 is 0 Å². The van der Waals surface area contributed by atoms with Crippen LogP contribution in [0.1, 0.15) is 28.8 Å². The molecule has 5 nitrogen and oxygen atoms in total. The first-order valence-electron chi connectivity index (χ1n) is 9.10. The third kappa shape index (κ3) is 4.68. The lowest BCUT2D eigenvalue weighted by Crippen LogP contribution is -2.23. The Morgan fingerprint density at radius 3 is 2.32 bits per heavy atom. The number of ketones is 1. The van der Waals surface area contributed by atoms with Gasteiger partial charge in [-0.1, -0.05) is 42.5 Å². The first kappa shape index (κ1) is 19.4. The summed E-state index contributed by atoms with van der Waals surface area (Å²) in [6, 6.07) is 19.0. The number of methoxy groups -OCH3 is 2. The third-order valence-corrected chi connectivity index (χ3v) is 4.59. The molecule has 3 rings (SSSR count). The molecule has 0 unspecified atom stereocenters. The van der Waals surface area contributed by atoms with Crippen molar-refractivity contribution in [1.29, 1.82) is 0 Å². The second-order valence-electron chi connectivity index (χ2n) is 6.45. The Hall–Kier alpha value is -3.34. The predicted octanol–water partition coefficient (Wildman–Crippen LogP) is 4.14. The van der Waals surface area contributed by atoms with Gasteiger partial charge in [-0.25, -0.2) is 0 Å². The van der Waals surface area contributed by atoms with E-state index in [1.807, 2.05) is 54.6 Å². The fourth-order valence-corrected chi connectivity index (χ4v) is 3.01. The summed E-state index contributed by atoms with van der Waals surface area (Å²) >= 11 is 0. The van der Waals surface area contributed by atoms with E-state index in [1.54, 1.807) is 20.3 Å². The van der Waals surface area contributed by atoms with Crippen molar-refractivity contribution in [3.8, 4) is 11.5 Å². The quantitative estimate of drug-likeness (QED) is 0.599. The minimum atomic E-state index is -0.163. The maximum absolute atomic E-state index is 12.4. The van der Waals surface area contributed by atoms with Crippen molar-refractivity contribution >= 4 is 22.5 Å². The number of benzene rings is 3. The molecule has 0 spiro atoms. The van der Waals surface area contributed by atoms with Gasteiger partial charge in [0.05, 0.1) is 14.2 Å². The van der Waals surface area contributed by atoms with Crippen LogP contribution in [0.15, 0.2) is 60.7 Å². The van der Waals surface area contributed by atoms with Gasteiger partial charge in [0, 0.05) is 24.9 Å². The van der Waals surface area contributed by atoms with Crippen LogP contribution in [-0.4, -0.2) is 25.9 Å². The molecule has 3 aromatic carbocycles. The van der Waals surface area contributed by atoms with E-state index in [4.69, 9.17) is 9.47 Å². The van der Waals surface area contributed by atoms with Crippen LogP contribution >= 0.6 is 0 Å². The van der Waals surface area contributed by atoms with E-state index in [9.17, 15) is 9.59 Å². The fourth-order valence-electron chi connectivity index (χ4n) is 3.01.